The first-order valence-electron chi connectivity index (χ1n) is 10.6. The zero-order valence-corrected chi connectivity index (χ0v) is 20.8. The van der Waals surface area contributed by atoms with E-state index in [0.717, 1.165) is 23.1 Å². The average Bonchev–Trinajstić information content (AvgIpc) is 3.14. The summed E-state index contributed by atoms with van der Waals surface area (Å²) in [7, 11) is 1.32. The number of benzene rings is 3. The molecule has 1 fully saturated rings. The van der Waals surface area contributed by atoms with Gasteiger partial charge in [-0.25, -0.2) is 4.39 Å². The van der Waals surface area contributed by atoms with Crippen LogP contribution in [0.4, 0.5) is 20.6 Å². The first-order chi connectivity index (χ1) is 18.1. The van der Waals surface area contributed by atoms with Crippen molar-refractivity contribution >= 4 is 52.0 Å². The second-order valence-corrected chi connectivity index (χ2v) is 9.05. The number of nitrogens with zero attached hydrogens (tertiary/aromatic N) is 3. The van der Waals surface area contributed by atoms with E-state index in [0.29, 0.717) is 17.3 Å². The molecule has 0 aliphatic carbocycles. The number of halogens is 2. The van der Waals surface area contributed by atoms with E-state index >= 15 is 0 Å². The van der Waals surface area contributed by atoms with Gasteiger partial charge in [0.2, 0.25) is 5.75 Å². The number of amides is 2. The lowest BCUT2D eigenvalue weighted by atomic mass is 10.1. The standard InChI is InChI=1S/C24H15ClFN3O8S/c1-36-21-9-13(5-7-20(21)37-19-8-6-14(28(32)33)11-18(19)29(34)35)10-22-23(30)27(24(31)38-22)12-15-16(25)3-2-4-17(15)26/h2-11H,12H2,1H3. The van der Waals surface area contributed by atoms with Crippen molar-refractivity contribution in [1.29, 1.82) is 0 Å². The first kappa shape index (κ1) is 26.6. The summed E-state index contributed by atoms with van der Waals surface area (Å²) < 4.78 is 25.1. The largest absolute Gasteiger partial charge is 0.493 e. The maximum atomic E-state index is 14.2. The lowest BCUT2D eigenvalue weighted by Gasteiger charge is -2.14. The average molecular weight is 560 g/mol. The van der Waals surface area contributed by atoms with Crippen molar-refractivity contribution in [2.24, 2.45) is 0 Å². The molecule has 1 aliphatic rings. The van der Waals surface area contributed by atoms with Gasteiger partial charge in [-0.05, 0) is 53.7 Å². The molecule has 1 heterocycles. The molecule has 194 valence electrons. The van der Waals surface area contributed by atoms with E-state index < -0.39 is 38.2 Å². The van der Waals surface area contributed by atoms with Crippen molar-refractivity contribution in [2.45, 2.75) is 6.54 Å². The molecule has 0 bridgehead atoms. The molecule has 0 radical (unpaired) electrons. The van der Waals surface area contributed by atoms with Crippen molar-refractivity contribution in [3.63, 3.8) is 0 Å². The minimum Gasteiger partial charge on any atom is -0.493 e. The highest BCUT2D eigenvalue weighted by atomic mass is 35.5. The molecule has 0 atom stereocenters. The molecular formula is C24H15ClFN3O8S. The minimum absolute atomic E-state index is 0.0150. The highest BCUT2D eigenvalue weighted by Gasteiger charge is 2.36. The quantitative estimate of drug-likeness (QED) is 0.175. The summed E-state index contributed by atoms with van der Waals surface area (Å²) in [5, 5.41) is 21.8. The van der Waals surface area contributed by atoms with Crippen LogP contribution in [0.3, 0.4) is 0 Å². The van der Waals surface area contributed by atoms with Crippen molar-refractivity contribution in [3.8, 4) is 17.2 Å². The molecule has 0 spiro atoms. The highest BCUT2D eigenvalue weighted by Crippen LogP contribution is 2.40. The van der Waals surface area contributed by atoms with Crippen LogP contribution in [0.25, 0.3) is 6.08 Å². The summed E-state index contributed by atoms with van der Waals surface area (Å²) in [5.74, 6) is -1.35. The van der Waals surface area contributed by atoms with Gasteiger partial charge >= 0.3 is 5.69 Å². The third-order valence-electron chi connectivity index (χ3n) is 5.31. The van der Waals surface area contributed by atoms with Crippen LogP contribution in [0.15, 0.2) is 59.5 Å². The van der Waals surface area contributed by atoms with Gasteiger partial charge in [0.15, 0.2) is 11.5 Å². The monoisotopic (exact) mass is 559 g/mol. The molecule has 0 saturated carbocycles. The number of hydrogen-bond donors (Lipinski definition) is 0. The molecule has 11 nitrogen and oxygen atoms in total. The second-order valence-electron chi connectivity index (χ2n) is 7.65. The number of ether oxygens (including phenoxy) is 2. The third kappa shape index (κ3) is 5.43. The predicted octanol–water partition coefficient (Wildman–Crippen LogP) is 6.33. The number of carbonyl (C=O) groups excluding carboxylic acids is 2. The number of nitro groups is 2. The fraction of sp³-hybridized carbons (Fsp3) is 0.0833. The summed E-state index contributed by atoms with van der Waals surface area (Å²) in [6.07, 6.45) is 1.43. The number of methoxy groups -OCH3 is 1. The molecule has 4 rings (SSSR count). The van der Waals surface area contributed by atoms with Gasteiger partial charge in [-0.3, -0.25) is 34.7 Å². The molecule has 3 aromatic carbocycles. The third-order valence-corrected chi connectivity index (χ3v) is 6.57. The van der Waals surface area contributed by atoms with Gasteiger partial charge in [0.25, 0.3) is 16.8 Å². The van der Waals surface area contributed by atoms with Crippen LogP contribution in [0, 0.1) is 26.0 Å². The Hall–Kier alpha value is -4.49. The fourth-order valence-electron chi connectivity index (χ4n) is 3.45. The van der Waals surface area contributed by atoms with Gasteiger partial charge in [-0.1, -0.05) is 23.7 Å². The van der Waals surface area contributed by atoms with E-state index in [2.05, 4.69) is 0 Å². The van der Waals surface area contributed by atoms with Crippen molar-refractivity contribution in [3.05, 3.63) is 102 Å². The van der Waals surface area contributed by atoms with Crippen LogP contribution in [0.5, 0.6) is 17.2 Å². The van der Waals surface area contributed by atoms with E-state index in [1.165, 1.54) is 49.6 Å². The summed E-state index contributed by atoms with van der Waals surface area (Å²) in [4.78, 5) is 47.1. The van der Waals surface area contributed by atoms with Crippen LogP contribution in [-0.2, 0) is 11.3 Å². The van der Waals surface area contributed by atoms with Crippen molar-refractivity contribution in [1.82, 2.24) is 4.90 Å². The Morgan fingerprint density at radius 3 is 2.42 bits per heavy atom. The zero-order valence-electron chi connectivity index (χ0n) is 19.3. The number of hydrogen-bond acceptors (Lipinski definition) is 9. The number of rotatable bonds is 8. The van der Waals surface area contributed by atoms with Gasteiger partial charge < -0.3 is 9.47 Å². The Morgan fingerprint density at radius 1 is 1.03 bits per heavy atom. The summed E-state index contributed by atoms with van der Waals surface area (Å²) >= 11 is 6.69. The number of nitro benzene ring substituents is 2. The predicted molar refractivity (Wildman–Crippen MR) is 136 cm³/mol. The Morgan fingerprint density at radius 2 is 1.76 bits per heavy atom. The SMILES string of the molecule is COc1cc(C=C2SC(=O)N(Cc3c(F)cccc3Cl)C2=O)ccc1Oc1ccc([N+](=O)[O-])cc1[N+](=O)[O-]. The molecule has 0 N–H and O–H groups in total. The van der Waals surface area contributed by atoms with Gasteiger partial charge in [-0.15, -0.1) is 0 Å². The topological polar surface area (TPSA) is 142 Å². The molecule has 0 aromatic heterocycles. The van der Waals surface area contributed by atoms with Crippen LogP contribution in [0.2, 0.25) is 5.02 Å². The number of imide groups is 1. The molecule has 14 heteroatoms. The molecule has 38 heavy (non-hydrogen) atoms. The van der Waals surface area contributed by atoms with Crippen LogP contribution >= 0.6 is 23.4 Å². The maximum absolute atomic E-state index is 14.2. The minimum atomic E-state index is -0.812. The van der Waals surface area contributed by atoms with Gasteiger partial charge in [0.05, 0.1) is 34.5 Å². The molecule has 2 amide bonds. The summed E-state index contributed by atoms with van der Waals surface area (Å²) in [5.41, 5.74) is -0.644. The van der Waals surface area contributed by atoms with E-state index in [9.17, 15) is 34.2 Å². The maximum Gasteiger partial charge on any atom is 0.318 e. The van der Waals surface area contributed by atoms with E-state index in [4.69, 9.17) is 21.1 Å². The van der Waals surface area contributed by atoms with Gasteiger partial charge in [-0.2, -0.15) is 0 Å². The smallest absolute Gasteiger partial charge is 0.318 e. The summed E-state index contributed by atoms with van der Waals surface area (Å²) in [6, 6.07) is 11.4. The Balaban J connectivity index is 1.59. The van der Waals surface area contributed by atoms with Crippen molar-refractivity contribution in [2.75, 3.05) is 7.11 Å². The van der Waals surface area contributed by atoms with E-state index in [-0.39, 0.29) is 39.3 Å². The van der Waals surface area contributed by atoms with Crippen LogP contribution < -0.4 is 9.47 Å². The number of non-ortho nitro benzene ring substituents is 1. The van der Waals surface area contributed by atoms with Crippen molar-refractivity contribution < 1.29 is 33.3 Å². The Kier molecular flexibility index (Phi) is 7.60. The molecular weight excluding hydrogens is 545 g/mol. The zero-order chi connectivity index (χ0) is 27.6. The Labute approximate surface area is 222 Å². The second kappa shape index (κ2) is 10.9. The van der Waals surface area contributed by atoms with E-state index in [1.807, 2.05) is 0 Å². The lowest BCUT2D eigenvalue weighted by Crippen LogP contribution is -2.28. The molecule has 0 unspecified atom stereocenters. The Bertz CT molecular complexity index is 1510. The normalized spacial score (nSPS) is 14.2. The summed E-state index contributed by atoms with van der Waals surface area (Å²) in [6.45, 7) is -0.336. The van der Waals surface area contributed by atoms with Crippen LogP contribution in [-0.4, -0.2) is 33.0 Å². The number of thioether (sulfide) groups is 1. The highest BCUT2D eigenvalue weighted by molar-refractivity contribution is 8.18. The molecule has 1 saturated heterocycles. The number of carbonyl (C=O) groups is 2. The molecule has 3 aromatic rings. The van der Waals surface area contributed by atoms with Crippen LogP contribution in [0.1, 0.15) is 11.1 Å². The fourth-order valence-corrected chi connectivity index (χ4v) is 4.52. The van der Waals surface area contributed by atoms with E-state index in [1.54, 1.807) is 0 Å². The lowest BCUT2D eigenvalue weighted by molar-refractivity contribution is -0.394. The molecule has 1 aliphatic heterocycles. The van der Waals surface area contributed by atoms with Gasteiger partial charge in [0.1, 0.15) is 5.82 Å². The first-order valence-corrected chi connectivity index (χ1v) is 11.8. The van der Waals surface area contributed by atoms with Gasteiger partial charge in [0, 0.05) is 16.7 Å².